The maximum Gasteiger partial charge on any atom is 0.0746 e. The molecule has 116 valence electrons. The molecule has 0 saturated carbocycles. The van der Waals surface area contributed by atoms with Crippen LogP contribution in [0.3, 0.4) is 0 Å². The summed E-state index contributed by atoms with van der Waals surface area (Å²) in [7, 11) is 0. The summed E-state index contributed by atoms with van der Waals surface area (Å²) in [5, 5.41) is 4.72. The van der Waals surface area contributed by atoms with Gasteiger partial charge in [-0.05, 0) is 24.6 Å². The first-order chi connectivity index (χ1) is 10.9. The van der Waals surface area contributed by atoms with Crippen LogP contribution in [-0.4, -0.2) is 60.1 Å². The highest BCUT2D eigenvalue weighted by molar-refractivity contribution is 5.81. The average Bonchev–Trinajstić information content (AvgIpc) is 3.10. The van der Waals surface area contributed by atoms with Crippen molar-refractivity contribution < 1.29 is 0 Å². The van der Waals surface area contributed by atoms with E-state index in [2.05, 4.69) is 44.4 Å². The molecule has 4 nitrogen and oxygen atoms in total. The second kappa shape index (κ2) is 6.32. The Morgan fingerprint density at radius 3 is 2.77 bits per heavy atom. The molecule has 4 heteroatoms. The summed E-state index contributed by atoms with van der Waals surface area (Å²) in [4.78, 5) is 9.82. The smallest absolute Gasteiger partial charge is 0.0746 e. The lowest BCUT2D eigenvalue weighted by Gasteiger charge is -2.37. The van der Waals surface area contributed by atoms with Gasteiger partial charge in [0.05, 0.1) is 5.52 Å². The minimum Gasteiger partial charge on any atom is -0.315 e. The summed E-state index contributed by atoms with van der Waals surface area (Å²) in [6.45, 7) is 8.11. The monoisotopic (exact) mass is 296 g/mol. The molecule has 0 amide bonds. The molecule has 1 atom stereocenters. The van der Waals surface area contributed by atoms with Gasteiger partial charge in [-0.2, -0.15) is 0 Å². The first kappa shape index (κ1) is 14.1. The van der Waals surface area contributed by atoms with Gasteiger partial charge in [-0.1, -0.05) is 24.3 Å². The Labute approximate surface area is 132 Å². The van der Waals surface area contributed by atoms with Gasteiger partial charge >= 0.3 is 0 Å². The van der Waals surface area contributed by atoms with Crippen LogP contribution in [0, 0.1) is 0 Å². The number of fused-ring (bicyclic) bond motifs is 1. The molecule has 1 aromatic heterocycles. The van der Waals surface area contributed by atoms with Crippen molar-refractivity contribution in [1.82, 2.24) is 20.1 Å². The van der Waals surface area contributed by atoms with E-state index in [0.717, 1.165) is 18.1 Å². The van der Waals surface area contributed by atoms with Crippen LogP contribution in [0.4, 0.5) is 0 Å². The van der Waals surface area contributed by atoms with E-state index in [4.69, 9.17) is 0 Å². The second-order valence-electron chi connectivity index (χ2n) is 6.45. The lowest BCUT2D eigenvalue weighted by atomic mass is 10.1. The molecule has 3 heterocycles. The van der Waals surface area contributed by atoms with Crippen molar-refractivity contribution in [1.29, 1.82) is 0 Å². The van der Waals surface area contributed by atoms with Crippen LogP contribution < -0.4 is 5.32 Å². The zero-order valence-corrected chi connectivity index (χ0v) is 13.0. The van der Waals surface area contributed by atoms with Crippen LogP contribution in [0.5, 0.6) is 0 Å². The van der Waals surface area contributed by atoms with Crippen LogP contribution in [0.2, 0.25) is 0 Å². The summed E-state index contributed by atoms with van der Waals surface area (Å²) in [5.74, 6) is 0. The maximum absolute atomic E-state index is 4.58. The van der Waals surface area contributed by atoms with Crippen LogP contribution in [0.25, 0.3) is 10.9 Å². The summed E-state index contributed by atoms with van der Waals surface area (Å²) < 4.78 is 0. The highest BCUT2D eigenvalue weighted by atomic mass is 15.3. The maximum atomic E-state index is 4.58. The minimum absolute atomic E-state index is 0.765. The number of nitrogens with one attached hydrogen (secondary N) is 1. The van der Waals surface area contributed by atoms with Crippen molar-refractivity contribution in [2.24, 2.45) is 0 Å². The molecule has 2 fully saturated rings. The van der Waals surface area contributed by atoms with Gasteiger partial charge < -0.3 is 5.32 Å². The average molecular weight is 296 g/mol. The molecule has 1 N–H and O–H groups in total. The van der Waals surface area contributed by atoms with E-state index in [9.17, 15) is 0 Å². The van der Waals surface area contributed by atoms with Gasteiger partial charge in [0.1, 0.15) is 0 Å². The van der Waals surface area contributed by atoms with Crippen LogP contribution in [0.15, 0.2) is 36.5 Å². The van der Waals surface area contributed by atoms with Crippen molar-refractivity contribution in [3.63, 3.8) is 0 Å². The molecule has 0 aliphatic carbocycles. The fourth-order valence-electron chi connectivity index (χ4n) is 3.77. The van der Waals surface area contributed by atoms with Gasteiger partial charge in [0.15, 0.2) is 0 Å². The van der Waals surface area contributed by atoms with E-state index < -0.39 is 0 Å². The molecule has 2 saturated heterocycles. The number of piperazine rings is 1. The fraction of sp³-hybridized carbons (Fsp3) is 0.500. The normalized spacial score (nSPS) is 24.1. The van der Waals surface area contributed by atoms with E-state index in [0.29, 0.717) is 0 Å². The quantitative estimate of drug-likeness (QED) is 0.934. The number of benzene rings is 1. The van der Waals surface area contributed by atoms with Gasteiger partial charge in [-0.3, -0.25) is 14.8 Å². The number of pyridine rings is 1. The predicted octanol–water partition coefficient (Wildman–Crippen LogP) is 1.71. The molecule has 1 unspecified atom stereocenters. The van der Waals surface area contributed by atoms with Crippen molar-refractivity contribution in [3.8, 4) is 0 Å². The molecular formula is C18H24N4. The zero-order chi connectivity index (χ0) is 14.8. The van der Waals surface area contributed by atoms with Gasteiger partial charge in [0, 0.05) is 56.9 Å². The molecule has 22 heavy (non-hydrogen) atoms. The lowest BCUT2D eigenvalue weighted by Crippen LogP contribution is -2.50. The molecule has 1 aromatic carbocycles. The summed E-state index contributed by atoms with van der Waals surface area (Å²) in [6.07, 6.45) is 3.21. The number of hydrogen-bond donors (Lipinski definition) is 1. The number of para-hydroxylation sites is 1. The van der Waals surface area contributed by atoms with Crippen molar-refractivity contribution in [3.05, 3.63) is 42.1 Å². The third-order valence-electron chi connectivity index (χ3n) is 5.07. The Hall–Kier alpha value is -1.49. The largest absolute Gasteiger partial charge is 0.315 e. The third kappa shape index (κ3) is 2.86. The number of aromatic nitrogens is 1. The third-order valence-corrected chi connectivity index (χ3v) is 5.07. The molecule has 2 aliphatic heterocycles. The van der Waals surface area contributed by atoms with E-state index in [1.54, 1.807) is 0 Å². The van der Waals surface area contributed by atoms with Gasteiger partial charge in [0.2, 0.25) is 0 Å². The summed E-state index contributed by atoms with van der Waals surface area (Å²) >= 11 is 0. The predicted molar refractivity (Wildman–Crippen MR) is 89.9 cm³/mol. The van der Waals surface area contributed by atoms with E-state index >= 15 is 0 Å². The molecule has 2 aliphatic rings. The number of nitrogens with zero attached hydrogens (tertiary/aromatic N) is 3. The Bertz CT molecular complexity index is 623. The molecular weight excluding hydrogens is 272 g/mol. The fourth-order valence-corrected chi connectivity index (χ4v) is 3.77. The molecule has 0 bridgehead atoms. The lowest BCUT2D eigenvalue weighted by molar-refractivity contribution is 0.0983. The molecule has 0 radical (unpaired) electrons. The van der Waals surface area contributed by atoms with Gasteiger partial charge in [0.25, 0.3) is 0 Å². The standard InChI is InChI=1S/C18H24N4/c1-3-15-5-2-7-20-18(15)16(4-1)14-21-9-11-22(12-10-21)17-6-8-19-13-17/h1-5,7,17,19H,6,8-14H2. The van der Waals surface area contributed by atoms with Crippen LogP contribution >= 0.6 is 0 Å². The topological polar surface area (TPSA) is 31.4 Å². The van der Waals surface area contributed by atoms with E-state index in [1.165, 1.54) is 56.6 Å². The summed E-state index contributed by atoms with van der Waals surface area (Å²) in [5.41, 5.74) is 2.52. The van der Waals surface area contributed by atoms with Gasteiger partial charge in [-0.25, -0.2) is 0 Å². The number of hydrogen-bond acceptors (Lipinski definition) is 4. The molecule has 0 spiro atoms. The first-order valence-electron chi connectivity index (χ1n) is 8.40. The molecule has 4 rings (SSSR count). The minimum atomic E-state index is 0.765. The van der Waals surface area contributed by atoms with E-state index in [1.807, 2.05) is 12.3 Å². The Morgan fingerprint density at radius 2 is 1.95 bits per heavy atom. The van der Waals surface area contributed by atoms with Crippen molar-refractivity contribution >= 4 is 10.9 Å². The van der Waals surface area contributed by atoms with Crippen LogP contribution in [-0.2, 0) is 6.54 Å². The Morgan fingerprint density at radius 1 is 1.09 bits per heavy atom. The zero-order valence-electron chi connectivity index (χ0n) is 13.0. The van der Waals surface area contributed by atoms with Crippen molar-refractivity contribution in [2.45, 2.75) is 19.0 Å². The molecule has 2 aromatic rings. The van der Waals surface area contributed by atoms with Crippen molar-refractivity contribution in [2.75, 3.05) is 39.3 Å². The highest BCUT2D eigenvalue weighted by Gasteiger charge is 2.26. The van der Waals surface area contributed by atoms with E-state index in [-0.39, 0.29) is 0 Å². The Kier molecular flexibility index (Phi) is 4.06. The SMILES string of the molecule is c1cnc2c(CN3CCN(C4CCNC4)CC3)cccc2c1. The Balaban J connectivity index is 1.41. The van der Waals surface area contributed by atoms with Crippen LogP contribution in [0.1, 0.15) is 12.0 Å². The number of rotatable bonds is 3. The van der Waals surface area contributed by atoms with Gasteiger partial charge in [-0.15, -0.1) is 0 Å². The second-order valence-corrected chi connectivity index (χ2v) is 6.45. The first-order valence-corrected chi connectivity index (χ1v) is 8.40. The summed E-state index contributed by atoms with van der Waals surface area (Å²) in [6, 6.07) is 11.5. The highest BCUT2D eigenvalue weighted by Crippen LogP contribution is 2.19.